The first-order valence-corrected chi connectivity index (χ1v) is 15.5. The summed E-state index contributed by atoms with van der Waals surface area (Å²) in [7, 11) is 0. The fraction of sp³-hybridized carbons (Fsp3) is 0.607. The van der Waals surface area contributed by atoms with Crippen LogP contribution in [0, 0.1) is 5.92 Å². The Morgan fingerprint density at radius 2 is 1.27 bits per heavy atom. The zero-order valence-corrected chi connectivity index (χ0v) is 27.6. The van der Waals surface area contributed by atoms with Crippen LogP contribution in [-0.4, -0.2) is 111 Å². The van der Waals surface area contributed by atoms with Gasteiger partial charge in [0.25, 0.3) is 0 Å². The number of guanidine groups is 2. The minimum Gasteiger partial charge on any atom is -0.481 e. The maximum absolute atomic E-state index is 13.4. The Kier molecular flexibility index (Phi) is 18.2. The van der Waals surface area contributed by atoms with Gasteiger partial charge in [0.15, 0.2) is 11.9 Å². The lowest BCUT2D eigenvalue weighted by molar-refractivity contribution is -0.143. The molecule has 0 saturated carbocycles. The zero-order chi connectivity index (χ0) is 37.1. The van der Waals surface area contributed by atoms with Crippen LogP contribution in [0.5, 0.6) is 0 Å². The minimum atomic E-state index is -1.70. The average Bonchev–Trinajstić information content (AvgIpc) is 3.51. The summed E-state index contributed by atoms with van der Waals surface area (Å²) < 4.78 is 0. The summed E-state index contributed by atoms with van der Waals surface area (Å²) >= 11 is 0. The number of aromatic amines is 1. The molecular formula is C28H49N13O8. The summed E-state index contributed by atoms with van der Waals surface area (Å²) in [5.41, 5.74) is 27.8. The number of imidazole rings is 1. The molecule has 1 rings (SSSR count). The van der Waals surface area contributed by atoms with Crippen molar-refractivity contribution >= 4 is 47.5 Å². The van der Waals surface area contributed by atoms with E-state index in [-0.39, 0.29) is 69.5 Å². The van der Waals surface area contributed by atoms with E-state index in [0.717, 1.165) is 0 Å². The maximum Gasteiger partial charge on any atom is 0.326 e. The van der Waals surface area contributed by atoms with E-state index in [0.29, 0.717) is 5.69 Å². The third kappa shape index (κ3) is 17.3. The first-order chi connectivity index (χ1) is 23.0. The van der Waals surface area contributed by atoms with Crippen molar-refractivity contribution in [3.8, 4) is 0 Å². The van der Waals surface area contributed by atoms with E-state index in [1.54, 1.807) is 13.8 Å². The van der Waals surface area contributed by atoms with E-state index in [1.807, 2.05) is 0 Å². The summed E-state index contributed by atoms with van der Waals surface area (Å²) in [6, 6.07) is -6.72. The molecule has 17 N–H and O–H groups in total. The summed E-state index contributed by atoms with van der Waals surface area (Å²) in [5, 5.41) is 28.8. The molecular weight excluding hydrogens is 646 g/mol. The standard InChI is InChI=1S/C28H49N13O8/c1-14(2)9-19(24(46)39-18(26(48)49)6-4-8-36-28(32)33)40-25(47)20(11-21(42)43)41-23(45)17(5-3-7-35-27(30)31)38-22(44)16(29)10-15-12-34-13-37-15/h12-14,16-20H,3-11,29H2,1-2H3,(H,34,37)(H,38,44)(H,39,46)(H,40,47)(H,41,45)(H,42,43)(H,48,49)(H4,30,31,35)(H4,32,33,36)/t16-,17-,18-,19-,20-/m0/s1. The predicted octanol–water partition coefficient (Wildman–Crippen LogP) is -4.07. The van der Waals surface area contributed by atoms with Gasteiger partial charge in [-0.2, -0.15) is 0 Å². The Morgan fingerprint density at radius 3 is 1.76 bits per heavy atom. The van der Waals surface area contributed by atoms with Crippen molar-refractivity contribution < 1.29 is 39.0 Å². The Balaban J connectivity index is 3.14. The van der Waals surface area contributed by atoms with E-state index >= 15 is 0 Å². The molecule has 49 heavy (non-hydrogen) atoms. The molecule has 274 valence electrons. The van der Waals surface area contributed by atoms with Crippen LogP contribution in [0.15, 0.2) is 22.5 Å². The van der Waals surface area contributed by atoms with Gasteiger partial charge >= 0.3 is 11.9 Å². The Bertz CT molecular complexity index is 1310. The Labute approximate surface area is 282 Å². The molecule has 0 fully saturated rings. The van der Waals surface area contributed by atoms with Gasteiger partial charge in [0.2, 0.25) is 23.6 Å². The Hall–Kier alpha value is -5.47. The van der Waals surface area contributed by atoms with Crippen LogP contribution >= 0.6 is 0 Å². The van der Waals surface area contributed by atoms with Gasteiger partial charge in [-0.1, -0.05) is 13.8 Å². The number of amides is 4. The molecule has 1 heterocycles. The fourth-order valence-corrected chi connectivity index (χ4v) is 4.44. The first kappa shape index (κ1) is 41.6. The molecule has 0 aliphatic rings. The van der Waals surface area contributed by atoms with Crippen LogP contribution in [0.2, 0.25) is 0 Å². The third-order valence-corrected chi connectivity index (χ3v) is 6.82. The number of carboxylic acids is 2. The number of hydrogen-bond donors (Lipinski definition) is 12. The van der Waals surface area contributed by atoms with Gasteiger partial charge in [0.1, 0.15) is 24.2 Å². The third-order valence-electron chi connectivity index (χ3n) is 6.82. The van der Waals surface area contributed by atoms with Crippen molar-refractivity contribution in [1.29, 1.82) is 0 Å². The number of nitrogens with one attached hydrogen (secondary N) is 5. The van der Waals surface area contributed by atoms with Crippen molar-refractivity contribution in [2.45, 2.75) is 89.0 Å². The van der Waals surface area contributed by atoms with E-state index in [1.165, 1.54) is 12.5 Å². The zero-order valence-electron chi connectivity index (χ0n) is 27.6. The van der Waals surface area contributed by atoms with Crippen LogP contribution < -0.4 is 49.9 Å². The van der Waals surface area contributed by atoms with Gasteiger partial charge in [-0.05, 0) is 38.0 Å². The normalized spacial score (nSPS) is 13.9. The maximum atomic E-state index is 13.4. The molecule has 5 atom stereocenters. The van der Waals surface area contributed by atoms with Crippen molar-refractivity contribution in [2.75, 3.05) is 13.1 Å². The highest BCUT2D eigenvalue weighted by Crippen LogP contribution is 2.09. The van der Waals surface area contributed by atoms with Crippen LogP contribution in [0.25, 0.3) is 0 Å². The molecule has 0 bridgehead atoms. The second kappa shape index (κ2) is 21.4. The number of carbonyl (C=O) groups is 6. The second-order valence-electron chi connectivity index (χ2n) is 11.6. The molecule has 0 aliphatic carbocycles. The highest BCUT2D eigenvalue weighted by atomic mass is 16.4. The Morgan fingerprint density at radius 1 is 0.776 bits per heavy atom. The van der Waals surface area contributed by atoms with Crippen molar-refractivity contribution in [1.82, 2.24) is 31.2 Å². The van der Waals surface area contributed by atoms with Gasteiger partial charge in [0, 0.05) is 31.4 Å². The number of hydrogen-bond acceptors (Lipinski definition) is 10. The number of nitrogens with zero attached hydrogens (tertiary/aromatic N) is 3. The van der Waals surface area contributed by atoms with Crippen molar-refractivity contribution in [3.05, 3.63) is 18.2 Å². The lowest BCUT2D eigenvalue weighted by atomic mass is 10.0. The average molecular weight is 696 g/mol. The smallest absolute Gasteiger partial charge is 0.326 e. The predicted molar refractivity (Wildman–Crippen MR) is 177 cm³/mol. The van der Waals surface area contributed by atoms with E-state index in [4.69, 9.17) is 28.7 Å². The number of H-pyrrole nitrogens is 1. The van der Waals surface area contributed by atoms with Gasteiger partial charge < -0.3 is 65.1 Å². The van der Waals surface area contributed by atoms with Gasteiger partial charge in [-0.25, -0.2) is 9.78 Å². The number of nitrogens with two attached hydrogens (primary N) is 5. The van der Waals surface area contributed by atoms with Gasteiger partial charge in [0.05, 0.1) is 18.8 Å². The molecule has 0 unspecified atom stereocenters. The second-order valence-corrected chi connectivity index (χ2v) is 11.6. The molecule has 0 radical (unpaired) electrons. The lowest BCUT2D eigenvalue weighted by Crippen LogP contribution is -2.59. The quantitative estimate of drug-likeness (QED) is 0.0294. The molecule has 4 amide bonds. The summed E-state index contributed by atoms with van der Waals surface area (Å²) in [5.74, 6) is -6.82. The summed E-state index contributed by atoms with van der Waals surface area (Å²) in [6.45, 7) is 3.72. The van der Waals surface area contributed by atoms with Gasteiger partial charge in [-0.3, -0.25) is 34.0 Å². The number of aliphatic imine (C=N–C) groups is 2. The molecule has 0 spiro atoms. The van der Waals surface area contributed by atoms with Crippen molar-refractivity contribution in [2.24, 2.45) is 44.6 Å². The lowest BCUT2D eigenvalue weighted by Gasteiger charge is -2.26. The van der Waals surface area contributed by atoms with Gasteiger partial charge in [-0.15, -0.1) is 0 Å². The number of carbonyl (C=O) groups excluding carboxylic acids is 4. The minimum absolute atomic E-state index is 0.0231. The molecule has 1 aromatic rings. The summed E-state index contributed by atoms with van der Waals surface area (Å²) in [6.07, 6.45) is 2.49. The number of rotatable bonds is 23. The monoisotopic (exact) mass is 695 g/mol. The van der Waals surface area contributed by atoms with E-state index in [2.05, 4.69) is 41.2 Å². The highest BCUT2D eigenvalue weighted by molar-refractivity contribution is 5.96. The van der Waals surface area contributed by atoms with E-state index in [9.17, 15) is 39.0 Å². The first-order valence-electron chi connectivity index (χ1n) is 15.5. The van der Waals surface area contributed by atoms with Crippen LogP contribution in [-0.2, 0) is 35.2 Å². The molecule has 0 saturated heterocycles. The summed E-state index contributed by atoms with van der Waals surface area (Å²) in [4.78, 5) is 90.7. The van der Waals surface area contributed by atoms with Crippen LogP contribution in [0.1, 0.15) is 58.1 Å². The topological polar surface area (TPSA) is 374 Å². The highest BCUT2D eigenvalue weighted by Gasteiger charge is 2.33. The van der Waals surface area contributed by atoms with Crippen molar-refractivity contribution in [3.63, 3.8) is 0 Å². The number of carboxylic acid groups (broad SMARTS) is 2. The van der Waals surface area contributed by atoms with Crippen LogP contribution in [0.3, 0.4) is 0 Å². The van der Waals surface area contributed by atoms with E-state index < -0.39 is 72.2 Å². The molecule has 0 aliphatic heterocycles. The molecule has 21 nitrogen and oxygen atoms in total. The molecule has 21 heteroatoms. The molecule has 0 aromatic carbocycles. The number of aromatic nitrogens is 2. The molecule has 1 aromatic heterocycles. The number of aliphatic carboxylic acids is 2. The SMILES string of the molecule is CC(C)C[C@H](NC(=O)[C@H](CC(=O)O)NC(=O)[C@H](CCCN=C(N)N)NC(=O)[C@@H](N)Cc1cnc[nH]1)C(=O)N[C@@H](CCCN=C(N)N)C(=O)O. The fourth-order valence-electron chi connectivity index (χ4n) is 4.44. The largest absolute Gasteiger partial charge is 0.481 e. The van der Waals surface area contributed by atoms with Crippen LogP contribution in [0.4, 0.5) is 0 Å².